The number of carbonyl (C=O) groups excluding carboxylic acids is 1. The number of aromatic hydroxyl groups is 3. The predicted molar refractivity (Wildman–Crippen MR) is 76.5 cm³/mol. The van der Waals surface area contributed by atoms with E-state index in [-0.39, 0.29) is 22.9 Å². The van der Waals surface area contributed by atoms with Crippen LogP contribution < -0.4 is 0 Å². The number of methoxy groups -OCH3 is 1. The average Bonchev–Trinajstić information content (AvgIpc) is 2.46. The van der Waals surface area contributed by atoms with Crippen LogP contribution >= 0.6 is 0 Å². The molecule has 0 unspecified atom stereocenters. The fraction of sp³-hybridized carbons (Fsp3) is 0.0667. The van der Waals surface area contributed by atoms with Gasteiger partial charge in [0.1, 0.15) is 22.9 Å². The van der Waals surface area contributed by atoms with Crippen molar-refractivity contribution in [2.24, 2.45) is 4.99 Å². The van der Waals surface area contributed by atoms with Crippen LogP contribution in [0.5, 0.6) is 17.2 Å². The standard InChI is InChI=1S/C15H13NO5/c1-21-15(20)10-4-2-9(3-5-10)8-16-14-12(18)6-11(17)7-13(14)19/h2-8,17-19H,1H3. The fourth-order valence-corrected chi connectivity index (χ4v) is 1.68. The van der Waals surface area contributed by atoms with Gasteiger partial charge >= 0.3 is 5.97 Å². The topological polar surface area (TPSA) is 99.4 Å². The van der Waals surface area contributed by atoms with Gasteiger partial charge in [-0.2, -0.15) is 0 Å². The Balaban J connectivity index is 2.24. The van der Waals surface area contributed by atoms with Gasteiger partial charge in [-0.1, -0.05) is 12.1 Å². The zero-order chi connectivity index (χ0) is 15.4. The maximum Gasteiger partial charge on any atom is 0.337 e. The lowest BCUT2D eigenvalue weighted by atomic mass is 10.1. The Bertz CT molecular complexity index is 669. The average molecular weight is 287 g/mol. The number of benzene rings is 2. The van der Waals surface area contributed by atoms with Crippen LogP contribution in [0.3, 0.4) is 0 Å². The first-order chi connectivity index (χ1) is 10.0. The monoisotopic (exact) mass is 287 g/mol. The van der Waals surface area contributed by atoms with Crippen molar-refractivity contribution in [1.29, 1.82) is 0 Å². The molecule has 6 nitrogen and oxygen atoms in total. The molecule has 0 radical (unpaired) electrons. The minimum absolute atomic E-state index is 0.0511. The Hall–Kier alpha value is -3.02. The summed E-state index contributed by atoms with van der Waals surface area (Å²) >= 11 is 0. The van der Waals surface area contributed by atoms with Gasteiger partial charge < -0.3 is 20.1 Å². The molecular formula is C15H13NO5. The van der Waals surface area contributed by atoms with Gasteiger partial charge in [-0.15, -0.1) is 0 Å². The zero-order valence-electron chi connectivity index (χ0n) is 11.1. The molecule has 0 amide bonds. The minimum atomic E-state index is -0.438. The summed E-state index contributed by atoms with van der Waals surface area (Å²) in [7, 11) is 1.30. The van der Waals surface area contributed by atoms with Crippen LogP contribution in [0.15, 0.2) is 41.4 Å². The summed E-state index contributed by atoms with van der Waals surface area (Å²) in [6.07, 6.45) is 1.41. The van der Waals surface area contributed by atoms with Crippen LogP contribution in [0.4, 0.5) is 5.69 Å². The van der Waals surface area contributed by atoms with E-state index in [0.29, 0.717) is 11.1 Å². The molecule has 0 saturated heterocycles. The molecule has 0 aromatic heterocycles. The molecule has 6 heteroatoms. The van der Waals surface area contributed by atoms with Gasteiger partial charge in [0.05, 0.1) is 12.7 Å². The first-order valence-corrected chi connectivity index (χ1v) is 5.98. The Morgan fingerprint density at radius 2 is 1.67 bits per heavy atom. The first-order valence-electron chi connectivity index (χ1n) is 5.98. The van der Waals surface area contributed by atoms with Gasteiger partial charge in [-0.25, -0.2) is 9.79 Å². The quantitative estimate of drug-likeness (QED) is 0.594. The number of aliphatic imine (C=N–C) groups is 1. The Morgan fingerprint density at radius 3 is 2.19 bits per heavy atom. The Labute approximate surface area is 120 Å². The molecule has 0 fully saturated rings. The highest BCUT2D eigenvalue weighted by Gasteiger charge is 2.08. The highest BCUT2D eigenvalue weighted by molar-refractivity contribution is 5.91. The largest absolute Gasteiger partial charge is 0.508 e. The summed E-state index contributed by atoms with van der Waals surface area (Å²) in [6.45, 7) is 0. The molecule has 3 N–H and O–H groups in total. The second kappa shape index (κ2) is 5.96. The molecule has 0 saturated carbocycles. The molecule has 0 aliphatic carbocycles. The van der Waals surface area contributed by atoms with Gasteiger partial charge in [0.15, 0.2) is 0 Å². The van der Waals surface area contributed by atoms with Crippen LogP contribution in [-0.2, 0) is 4.74 Å². The number of rotatable bonds is 3. The molecule has 2 aromatic rings. The number of esters is 1. The lowest BCUT2D eigenvalue weighted by Crippen LogP contribution is -2.00. The summed E-state index contributed by atoms with van der Waals surface area (Å²) in [5, 5.41) is 28.4. The van der Waals surface area contributed by atoms with E-state index in [1.165, 1.54) is 13.3 Å². The first kappa shape index (κ1) is 14.4. The van der Waals surface area contributed by atoms with Crippen LogP contribution in [0.25, 0.3) is 0 Å². The van der Waals surface area contributed by atoms with E-state index in [0.717, 1.165) is 12.1 Å². The smallest absolute Gasteiger partial charge is 0.337 e. The van der Waals surface area contributed by atoms with Crippen LogP contribution in [0, 0.1) is 0 Å². The van der Waals surface area contributed by atoms with E-state index < -0.39 is 5.97 Å². The van der Waals surface area contributed by atoms with Crippen LogP contribution in [0.1, 0.15) is 15.9 Å². The highest BCUT2D eigenvalue weighted by atomic mass is 16.5. The van der Waals surface area contributed by atoms with E-state index in [4.69, 9.17) is 0 Å². The molecule has 2 aromatic carbocycles. The number of hydrogen-bond acceptors (Lipinski definition) is 6. The van der Waals surface area contributed by atoms with Gasteiger partial charge in [0.2, 0.25) is 0 Å². The molecule has 0 aliphatic rings. The normalized spacial score (nSPS) is 10.7. The maximum atomic E-state index is 11.3. The van der Waals surface area contributed by atoms with Crippen LogP contribution in [0.2, 0.25) is 0 Å². The number of phenols is 3. The summed E-state index contributed by atoms with van der Waals surface area (Å²) in [5.41, 5.74) is 1.02. The van der Waals surface area contributed by atoms with Crippen molar-refractivity contribution in [2.75, 3.05) is 7.11 Å². The highest BCUT2D eigenvalue weighted by Crippen LogP contribution is 2.39. The van der Waals surface area contributed by atoms with Crippen molar-refractivity contribution in [2.45, 2.75) is 0 Å². The third-order valence-electron chi connectivity index (χ3n) is 2.73. The van der Waals surface area contributed by atoms with Gasteiger partial charge in [-0.05, 0) is 17.7 Å². The van der Waals surface area contributed by atoms with E-state index in [9.17, 15) is 20.1 Å². The molecular weight excluding hydrogens is 274 g/mol. The van der Waals surface area contributed by atoms with Crippen molar-refractivity contribution in [3.63, 3.8) is 0 Å². The summed E-state index contributed by atoms with van der Waals surface area (Å²) in [6, 6.07) is 8.58. The second-order valence-electron chi connectivity index (χ2n) is 4.20. The number of ether oxygens (including phenoxy) is 1. The summed E-state index contributed by atoms with van der Waals surface area (Å²) in [5.74, 6) is -1.37. The van der Waals surface area contributed by atoms with Crippen molar-refractivity contribution in [1.82, 2.24) is 0 Å². The maximum absolute atomic E-state index is 11.3. The van der Waals surface area contributed by atoms with Crippen molar-refractivity contribution in [3.8, 4) is 17.2 Å². The molecule has 0 atom stereocenters. The fourth-order valence-electron chi connectivity index (χ4n) is 1.68. The number of phenolic OH excluding ortho intramolecular Hbond substituents is 3. The zero-order valence-corrected chi connectivity index (χ0v) is 11.1. The van der Waals surface area contributed by atoms with Crippen LogP contribution in [-0.4, -0.2) is 34.6 Å². The van der Waals surface area contributed by atoms with Gasteiger partial charge in [0.25, 0.3) is 0 Å². The molecule has 0 spiro atoms. The molecule has 0 heterocycles. The van der Waals surface area contributed by atoms with E-state index in [2.05, 4.69) is 9.73 Å². The van der Waals surface area contributed by atoms with E-state index >= 15 is 0 Å². The molecule has 108 valence electrons. The third kappa shape index (κ3) is 3.30. The van der Waals surface area contributed by atoms with Crippen molar-refractivity contribution < 1.29 is 24.9 Å². The molecule has 0 aliphatic heterocycles. The van der Waals surface area contributed by atoms with Gasteiger partial charge in [-0.3, -0.25) is 0 Å². The lowest BCUT2D eigenvalue weighted by Gasteiger charge is -2.03. The van der Waals surface area contributed by atoms with Gasteiger partial charge in [0, 0.05) is 18.3 Å². The Kier molecular flexibility index (Phi) is 4.08. The van der Waals surface area contributed by atoms with E-state index in [1.54, 1.807) is 24.3 Å². The number of carbonyl (C=O) groups is 1. The molecule has 21 heavy (non-hydrogen) atoms. The number of hydrogen-bond donors (Lipinski definition) is 3. The van der Waals surface area contributed by atoms with Crippen molar-refractivity contribution >= 4 is 17.9 Å². The van der Waals surface area contributed by atoms with Crippen molar-refractivity contribution in [3.05, 3.63) is 47.5 Å². The Morgan fingerprint density at radius 1 is 1.10 bits per heavy atom. The number of nitrogens with zero attached hydrogens (tertiary/aromatic N) is 1. The predicted octanol–water partition coefficient (Wildman–Crippen LogP) is 2.34. The van der Waals surface area contributed by atoms with E-state index in [1.807, 2.05) is 0 Å². The third-order valence-corrected chi connectivity index (χ3v) is 2.73. The summed E-state index contributed by atoms with van der Waals surface area (Å²) in [4.78, 5) is 15.2. The minimum Gasteiger partial charge on any atom is -0.508 e. The molecule has 2 rings (SSSR count). The SMILES string of the molecule is COC(=O)c1ccc(C=Nc2c(O)cc(O)cc2O)cc1. The molecule has 0 bridgehead atoms. The summed E-state index contributed by atoms with van der Waals surface area (Å²) < 4.78 is 4.59. The lowest BCUT2D eigenvalue weighted by molar-refractivity contribution is 0.0600. The second-order valence-corrected chi connectivity index (χ2v) is 4.20.